The molecule has 0 aromatic heterocycles. The van der Waals surface area contributed by atoms with Gasteiger partial charge in [0.15, 0.2) is 0 Å². The van der Waals surface area contributed by atoms with Crippen LogP contribution in [0.3, 0.4) is 0 Å². The molecule has 3 aromatic rings. The number of aliphatic hydroxyl groups is 1. The van der Waals surface area contributed by atoms with Crippen LogP contribution in [0.4, 0.5) is 10.1 Å². The van der Waals surface area contributed by atoms with Gasteiger partial charge in [0.25, 0.3) is 0 Å². The van der Waals surface area contributed by atoms with Crippen LogP contribution in [0.5, 0.6) is 0 Å². The summed E-state index contributed by atoms with van der Waals surface area (Å²) in [4.78, 5) is 0. The van der Waals surface area contributed by atoms with Gasteiger partial charge in [0.2, 0.25) is 0 Å². The molecule has 4 N–H and O–H groups in total. The third-order valence-corrected chi connectivity index (χ3v) is 3.24. The van der Waals surface area contributed by atoms with Crippen molar-refractivity contribution in [3.05, 3.63) is 77.6 Å². The van der Waals surface area contributed by atoms with E-state index in [0.29, 0.717) is 5.69 Å². The fourth-order valence-corrected chi connectivity index (χ4v) is 2.11. The molecule has 0 radical (unpaired) electrons. The summed E-state index contributed by atoms with van der Waals surface area (Å²) in [6.45, 7) is 0.0405. The average Bonchev–Trinajstić information content (AvgIpc) is 2.57. The molecule has 0 aliphatic carbocycles. The summed E-state index contributed by atoms with van der Waals surface area (Å²) in [5.74, 6) is -0.251. The predicted octanol–water partition coefficient (Wildman–Crippen LogP) is 3.74. The standard InChI is InChI=1S/C12H11NO.C6H6FN/c13-7-9-5-6-10(8-14)12-4-2-1-3-11(9)12;7-5-1-3-6(8)4-2-5/h1-7,13-14H,8H2;1-4H,8H2. The fraction of sp³-hybridized carbons (Fsp3) is 0.0556. The highest BCUT2D eigenvalue weighted by Crippen LogP contribution is 2.21. The second kappa shape index (κ2) is 7.33. The maximum absolute atomic E-state index is 12.0. The summed E-state index contributed by atoms with van der Waals surface area (Å²) in [5, 5.41) is 18.5. The van der Waals surface area contributed by atoms with Crippen molar-refractivity contribution in [1.29, 1.82) is 5.41 Å². The van der Waals surface area contributed by atoms with Crippen molar-refractivity contribution in [2.24, 2.45) is 0 Å². The lowest BCUT2D eigenvalue weighted by atomic mass is 10.0. The van der Waals surface area contributed by atoms with Crippen molar-refractivity contribution in [3.63, 3.8) is 0 Å². The van der Waals surface area contributed by atoms with Gasteiger partial charge in [-0.1, -0.05) is 36.4 Å². The number of benzene rings is 3. The number of fused-ring (bicyclic) bond motifs is 1. The fourth-order valence-electron chi connectivity index (χ4n) is 2.11. The van der Waals surface area contributed by atoms with Crippen molar-refractivity contribution in [3.8, 4) is 0 Å². The zero-order chi connectivity index (χ0) is 15.9. The minimum absolute atomic E-state index is 0.0405. The van der Waals surface area contributed by atoms with Crippen LogP contribution in [0, 0.1) is 11.2 Å². The molecule has 0 fully saturated rings. The van der Waals surface area contributed by atoms with Crippen molar-refractivity contribution in [2.45, 2.75) is 6.61 Å². The normalized spacial score (nSPS) is 9.91. The van der Waals surface area contributed by atoms with E-state index >= 15 is 0 Å². The number of nitrogen functional groups attached to an aromatic ring is 1. The Hall–Kier alpha value is -2.72. The van der Waals surface area contributed by atoms with Gasteiger partial charge in [-0.25, -0.2) is 4.39 Å². The van der Waals surface area contributed by atoms with Crippen LogP contribution >= 0.6 is 0 Å². The maximum Gasteiger partial charge on any atom is 0.123 e. The highest BCUT2D eigenvalue weighted by Gasteiger charge is 2.02. The Balaban J connectivity index is 0.000000188. The zero-order valence-corrected chi connectivity index (χ0v) is 12.0. The van der Waals surface area contributed by atoms with E-state index < -0.39 is 0 Å². The molecule has 3 rings (SSSR count). The highest BCUT2D eigenvalue weighted by atomic mass is 19.1. The van der Waals surface area contributed by atoms with Crippen LogP contribution in [-0.4, -0.2) is 11.3 Å². The second-order valence-corrected chi connectivity index (χ2v) is 4.71. The number of hydrogen-bond donors (Lipinski definition) is 3. The number of anilines is 1. The summed E-state index contributed by atoms with van der Waals surface area (Å²) >= 11 is 0. The Bertz CT molecular complexity index is 749. The van der Waals surface area contributed by atoms with Crippen LogP contribution in [0.1, 0.15) is 11.1 Å². The van der Waals surface area contributed by atoms with E-state index in [1.807, 2.05) is 36.4 Å². The first-order valence-electron chi connectivity index (χ1n) is 6.78. The Labute approximate surface area is 128 Å². The summed E-state index contributed by atoms with van der Waals surface area (Å²) in [6, 6.07) is 17.2. The van der Waals surface area contributed by atoms with Gasteiger partial charge in [-0.2, -0.15) is 0 Å². The number of nitrogens with two attached hydrogens (primary N) is 1. The third kappa shape index (κ3) is 3.68. The number of halogens is 1. The van der Waals surface area contributed by atoms with Crippen LogP contribution in [-0.2, 0) is 6.61 Å². The van der Waals surface area contributed by atoms with Gasteiger partial charge in [0, 0.05) is 11.9 Å². The molecule has 22 heavy (non-hydrogen) atoms. The molecule has 0 saturated heterocycles. The summed E-state index contributed by atoms with van der Waals surface area (Å²) in [7, 11) is 0. The van der Waals surface area contributed by atoms with E-state index in [1.165, 1.54) is 30.5 Å². The second-order valence-electron chi connectivity index (χ2n) is 4.71. The van der Waals surface area contributed by atoms with E-state index in [4.69, 9.17) is 16.2 Å². The number of hydrogen-bond acceptors (Lipinski definition) is 3. The van der Waals surface area contributed by atoms with Gasteiger partial charge in [-0.05, 0) is 46.2 Å². The van der Waals surface area contributed by atoms with Gasteiger partial charge in [-0.3, -0.25) is 0 Å². The molecule has 0 aliphatic rings. The maximum atomic E-state index is 12.0. The molecule has 0 heterocycles. The Morgan fingerprint density at radius 2 is 1.59 bits per heavy atom. The first-order chi connectivity index (χ1) is 10.7. The Morgan fingerprint density at radius 3 is 2.14 bits per heavy atom. The molecule has 0 aliphatic heterocycles. The molecule has 0 saturated carbocycles. The molecular weight excluding hydrogens is 279 g/mol. The molecular formula is C18H17FN2O. The van der Waals surface area contributed by atoms with Crippen LogP contribution in [0.15, 0.2) is 60.7 Å². The van der Waals surface area contributed by atoms with Crippen molar-refractivity contribution < 1.29 is 9.50 Å². The van der Waals surface area contributed by atoms with E-state index in [2.05, 4.69) is 0 Å². The van der Waals surface area contributed by atoms with E-state index in [0.717, 1.165) is 21.9 Å². The molecule has 0 bridgehead atoms. The average molecular weight is 296 g/mol. The minimum Gasteiger partial charge on any atom is -0.399 e. The molecule has 112 valence electrons. The lowest BCUT2D eigenvalue weighted by Gasteiger charge is -2.05. The quantitative estimate of drug-likeness (QED) is 0.498. The Kier molecular flexibility index (Phi) is 5.22. The van der Waals surface area contributed by atoms with Gasteiger partial charge in [-0.15, -0.1) is 0 Å². The molecule has 0 amide bonds. The first kappa shape index (κ1) is 15.7. The van der Waals surface area contributed by atoms with E-state index in [-0.39, 0.29) is 12.4 Å². The predicted molar refractivity (Wildman–Crippen MR) is 88.6 cm³/mol. The van der Waals surface area contributed by atoms with Gasteiger partial charge < -0.3 is 16.2 Å². The van der Waals surface area contributed by atoms with Crippen molar-refractivity contribution in [1.82, 2.24) is 0 Å². The largest absolute Gasteiger partial charge is 0.399 e. The smallest absolute Gasteiger partial charge is 0.123 e. The minimum atomic E-state index is -0.251. The third-order valence-electron chi connectivity index (χ3n) is 3.24. The lowest BCUT2D eigenvalue weighted by Crippen LogP contribution is -1.89. The number of nitrogens with one attached hydrogen (secondary N) is 1. The van der Waals surface area contributed by atoms with Crippen LogP contribution in [0.2, 0.25) is 0 Å². The number of aliphatic hydroxyl groups excluding tert-OH is 1. The van der Waals surface area contributed by atoms with Crippen LogP contribution in [0.25, 0.3) is 10.8 Å². The lowest BCUT2D eigenvalue weighted by molar-refractivity contribution is 0.283. The molecule has 0 spiro atoms. The Morgan fingerprint density at radius 1 is 0.955 bits per heavy atom. The SMILES string of the molecule is N=Cc1ccc(CO)c2ccccc12.Nc1ccc(F)cc1. The molecule has 3 nitrogen and oxygen atoms in total. The monoisotopic (exact) mass is 296 g/mol. The van der Waals surface area contributed by atoms with Gasteiger partial charge in [0.05, 0.1) is 6.61 Å². The highest BCUT2D eigenvalue weighted by molar-refractivity contribution is 6.00. The summed E-state index contributed by atoms with van der Waals surface area (Å²) in [5.41, 5.74) is 7.64. The zero-order valence-electron chi connectivity index (χ0n) is 12.0. The molecule has 0 unspecified atom stereocenters. The number of rotatable bonds is 2. The van der Waals surface area contributed by atoms with E-state index in [1.54, 1.807) is 0 Å². The van der Waals surface area contributed by atoms with Crippen molar-refractivity contribution >= 4 is 22.7 Å². The van der Waals surface area contributed by atoms with E-state index in [9.17, 15) is 4.39 Å². The molecule has 0 atom stereocenters. The van der Waals surface area contributed by atoms with Crippen molar-refractivity contribution in [2.75, 3.05) is 5.73 Å². The summed E-state index contributed by atoms with van der Waals surface area (Å²) < 4.78 is 12.0. The molecule has 4 heteroatoms. The summed E-state index contributed by atoms with van der Waals surface area (Å²) in [6.07, 6.45) is 1.34. The van der Waals surface area contributed by atoms with Gasteiger partial charge in [0.1, 0.15) is 5.82 Å². The van der Waals surface area contributed by atoms with Crippen LogP contribution < -0.4 is 5.73 Å². The first-order valence-corrected chi connectivity index (χ1v) is 6.78. The van der Waals surface area contributed by atoms with Gasteiger partial charge >= 0.3 is 0 Å². The molecule has 3 aromatic carbocycles. The topological polar surface area (TPSA) is 70.1 Å².